The maximum absolute atomic E-state index is 12.6. The first-order valence-corrected chi connectivity index (χ1v) is 9.42. The number of ketones is 1. The summed E-state index contributed by atoms with van der Waals surface area (Å²) in [6.45, 7) is 0.0935. The van der Waals surface area contributed by atoms with Gasteiger partial charge in [0.05, 0.1) is 16.1 Å². The zero-order valence-electron chi connectivity index (χ0n) is 16.3. The molecular weight excluding hydrogens is 418 g/mol. The Kier molecular flexibility index (Phi) is 4.55. The third-order valence-electron chi connectivity index (χ3n) is 4.84. The summed E-state index contributed by atoms with van der Waals surface area (Å²) in [5, 5.41) is 10.9. The van der Waals surface area contributed by atoms with Crippen LogP contribution in [0.3, 0.4) is 0 Å². The number of benzene rings is 3. The van der Waals surface area contributed by atoms with E-state index >= 15 is 0 Å². The van der Waals surface area contributed by atoms with Crippen molar-refractivity contribution in [1.29, 1.82) is 0 Å². The quantitative estimate of drug-likeness (QED) is 0.199. The zero-order valence-corrected chi connectivity index (χ0v) is 16.3. The first-order chi connectivity index (χ1) is 15.5. The van der Waals surface area contributed by atoms with Crippen LogP contribution in [0.15, 0.2) is 66.4 Å². The molecule has 3 aromatic carbocycles. The number of nitro groups is 1. The molecule has 3 aromatic rings. The summed E-state index contributed by atoms with van der Waals surface area (Å²) in [7, 11) is 0. The second kappa shape index (κ2) is 7.55. The van der Waals surface area contributed by atoms with E-state index in [1.807, 2.05) is 0 Å². The number of nitrogens with zero attached hydrogens (tertiary/aromatic N) is 1. The average Bonchev–Trinajstić information content (AvgIpc) is 3.37. The molecule has 0 N–H and O–H groups in total. The number of nitro benzene ring substituents is 1. The highest BCUT2D eigenvalue weighted by Crippen LogP contribution is 2.36. The van der Waals surface area contributed by atoms with E-state index in [1.54, 1.807) is 18.2 Å². The van der Waals surface area contributed by atoms with Crippen LogP contribution in [0.5, 0.6) is 23.0 Å². The van der Waals surface area contributed by atoms with Gasteiger partial charge in [0, 0.05) is 18.2 Å². The van der Waals surface area contributed by atoms with Crippen LogP contribution < -0.4 is 18.9 Å². The fourth-order valence-corrected chi connectivity index (χ4v) is 3.30. The third kappa shape index (κ3) is 3.52. The molecule has 5 rings (SSSR count). The van der Waals surface area contributed by atoms with Gasteiger partial charge in [-0.3, -0.25) is 14.9 Å². The Morgan fingerprint density at radius 3 is 2.69 bits per heavy atom. The van der Waals surface area contributed by atoms with Gasteiger partial charge in [-0.15, -0.1) is 0 Å². The summed E-state index contributed by atoms with van der Waals surface area (Å²) < 4.78 is 21.5. The maximum Gasteiger partial charge on any atom is 0.343 e. The zero-order chi connectivity index (χ0) is 22.2. The van der Waals surface area contributed by atoms with Crippen LogP contribution in [0, 0.1) is 10.1 Å². The molecule has 0 aliphatic carbocycles. The van der Waals surface area contributed by atoms with Crippen LogP contribution in [0.4, 0.5) is 5.69 Å². The molecule has 0 unspecified atom stereocenters. The number of fused-ring (bicyclic) bond motifs is 2. The molecule has 0 aromatic heterocycles. The van der Waals surface area contributed by atoms with E-state index in [0.717, 1.165) is 0 Å². The number of Topliss-reactive ketones (excluding diaryl/α,β-unsaturated/α-hetero) is 1. The van der Waals surface area contributed by atoms with Crippen molar-refractivity contribution in [1.82, 2.24) is 0 Å². The Balaban J connectivity index is 1.35. The molecule has 0 bridgehead atoms. The SMILES string of the molecule is O=C(Oc1ccc2c(c1)OC(=Cc1cccc([N+](=O)[O-])c1)C2=O)c1ccc2c(c1)OCO2. The molecule has 0 atom stereocenters. The topological polar surface area (TPSA) is 114 Å². The van der Waals surface area contributed by atoms with Crippen molar-refractivity contribution in [3.63, 3.8) is 0 Å². The highest BCUT2D eigenvalue weighted by atomic mass is 16.7. The molecule has 0 spiro atoms. The predicted octanol–water partition coefficient (Wildman–Crippen LogP) is 4.16. The van der Waals surface area contributed by atoms with Crippen molar-refractivity contribution in [3.8, 4) is 23.0 Å². The standard InChI is InChI=1S/C23H13NO8/c25-22-17-6-5-16(31-23(26)14-4-7-18-20(10-14)30-12-29-18)11-19(17)32-21(22)9-13-2-1-3-15(8-13)24(27)28/h1-11H,12H2. The van der Waals surface area contributed by atoms with E-state index < -0.39 is 10.9 Å². The molecule has 9 heteroatoms. The number of allylic oxidation sites excluding steroid dienone is 1. The Morgan fingerprint density at radius 1 is 1.00 bits per heavy atom. The molecule has 2 aliphatic heterocycles. The van der Waals surface area contributed by atoms with Gasteiger partial charge in [0.25, 0.3) is 5.69 Å². The van der Waals surface area contributed by atoms with Gasteiger partial charge < -0.3 is 18.9 Å². The fraction of sp³-hybridized carbons (Fsp3) is 0.0435. The number of ether oxygens (including phenoxy) is 4. The van der Waals surface area contributed by atoms with Gasteiger partial charge in [-0.05, 0) is 42.0 Å². The lowest BCUT2D eigenvalue weighted by Gasteiger charge is -2.06. The first-order valence-electron chi connectivity index (χ1n) is 9.42. The largest absolute Gasteiger partial charge is 0.454 e. The number of hydrogen-bond donors (Lipinski definition) is 0. The van der Waals surface area contributed by atoms with Crippen LogP contribution in [0.1, 0.15) is 26.3 Å². The minimum Gasteiger partial charge on any atom is -0.454 e. The van der Waals surface area contributed by atoms with E-state index in [0.29, 0.717) is 22.6 Å². The molecule has 0 amide bonds. The van der Waals surface area contributed by atoms with E-state index in [2.05, 4.69) is 0 Å². The second-order valence-corrected chi connectivity index (χ2v) is 6.91. The molecule has 158 valence electrons. The number of esters is 1. The molecule has 0 fully saturated rings. The number of hydrogen-bond acceptors (Lipinski definition) is 8. The number of carbonyl (C=O) groups is 2. The monoisotopic (exact) mass is 431 g/mol. The maximum atomic E-state index is 12.6. The summed E-state index contributed by atoms with van der Waals surface area (Å²) in [5.41, 5.74) is 0.924. The van der Waals surface area contributed by atoms with Crippen molar-refractivity contribution < 1.29 is 33.5 Å². The lowest BCUT2D eigenvalue weighted by atomic mass is 10.1. The van der Waals surface area contributed by atoms with Gasteiger partial charge in [-0.2, -0.15) is 0 Å². The van der Waals surface area contributed by atoms with Gasteiger partial charge >= 0.3 is 5.97 Å². The van der Waals surface area contributed by atoms with E-state index in [-0.39, 0.29) is 41.1 Å². The van der Waals surface area contributed by atoms with Crippen LogP contribution in [-0.2, 0) is 0 Å². The van der Waals surface area contributed by atoms with Crippen LogP contribution in [0.2, 0.25) is 0 Å². The summed E-state index contributed by atoms with van der Waals surface area (Å²) in [4.78, 5) is 35.5. The fourth-order valence-electron chi connectivity index (χ4n) is 3.30. The third-order valence-corrected chi connectivity index (χ3v) is 4.84. The van der Waals surface area contributed by atoms with Crippen molar-refractivity contribution in [2.24, 2.45) is 0 Å². The molecule has 2 aliphatic rings. The molecule has 2 heterocycles. The molecule has 0 saturated carbocycles. The number of non-ortho nitro benzene ring substituents is 1. The Labute approximate surface area is 180 Å². The molecular formula is C23H13NO8. The lowest BCUT2D eigenvalue weighted by molar-refractivity contribution is -0.384. The van der Waals surface area contributed by atoms with Gasteiger partial charge in [0.1, 0.15) is 11.5 Å². The molecule has 0 saturated heterocycles. The van der Waals surface area contributed by atoms with E-state index in [4.69, 9.17) is 18.9 Å². The van der Waals surface area contributed by atoms with E-state index in [1.165, 1.54) is 48.5 Å². The summed E-state index contributed by atoms with van der Waals surface area (Å²) in [6, 6.07) is 15.0. The van der Waals surface area contributed by atoms with Crippen LogP contribution >= 0.6 is 0 Å². The molecule has 0 radical (unpaired) electrons. The Morgan fingerprint density at radius 2 is 1.84 bits per heavy atom. The summed E-state index contributed by atoms with van der Waals surface area (Å²) in [6.07, 6.45) is 1.42. The Hall–Kier alpha value is -4.66. The minimum atomic E-state index is -0.611. The number of carbonyl (C=O) groups excluding carboxylic acids is 2. The molecule has 32 heavy (non-hydrogen) atoms. The predicted molar refractivity (Wildman–Crippen MR) is 110 cm³/mol. The van der Waals surface area contributed by atoms with Crippen molar-refractivity contribution in [2.75, 3.05) is 6.79 Å². The van der Waals surface area contributed by atoms with Crippen LogP contribution in [-0.4, -0.2) is 23.5 Å². The van der Waals surface area contributed by atoms with Crippen LogP contribution in [0.25, 0.3) is 6.08 Å². The number of rotatable bonds is 4. The van der Waals surface area contributed by atoms with Gasteiger partial charge in [-0.1, -0.05) is 12.1 Å². The highest BCUT2D eigenvalue weighted by molar-refractivity contribution is 6.14. The molecule has 9 nitrogen and oxygen atoms in total. The first kappa shape index (κ1) is 19.3. The smallest absolute Gasteiger partial charge is 0.343 e. The Bertz CT molecular complexity index is 1330. The second-order valence-electron chi connectivity index (χ2n) is 6.91. The normalized spacial score (nSPS) is 14.8. The average molecular weight is 431 g/mol. The summed E-state index contributed by atoms with van der Waals surface area (Å²) in [5.74, 6) is 0.450. The van der Waals surface area contributed by atoms with Gasteiger partial charge in [0.2, 0.25) is 12.6 Å². The van der Waals surface area contributed by atoms with Crippen molar-refractivity contribution in [2.45, 2.75) is 0 Å². The minimum absolute atomic E-state index is 0.0137. The lowest BCUT2D eigenvalue weighted by Crippen LogP contribution is -2.08. The van der Waals surface area contributed by atoms with Crippen molar-refractivity contribution >= 4 is 23.5 Å². The van der Waals surface area contributed by atoms with Crippen molar-refractivity contribution in [3.05, 3.63) is 93.2 Å². The summed E-state index contributed by atoms with van der Waals surface area (Å²) >= 11 is 0. The van der Waals surface area contributed by atoms with Gasteiger partial charge in [0.15, 0.2) is 17.3 Å². The van der Waals surface area contributed by atoms with E-state index in [9.17, 15) is 19.7 Å². The van der Waals surface area contributed by atoms with Gasteiger partial charge in [-0.25, -0.2) is 4.79 Å². The highest BCUT2D eigenvalue weighted by Gasteiger charge is 2.28.